The first-order chi connectivity index (χ1) is 11.0. The standard InChI is InChI=1S/C16H29BNO4S2/c1-15(2,3)9-14(20)22-17-21-13(19)7-8-18(16(4,5)6)12-10-23-24-11-12/h12H,7-11H2,1-6H3. The summed E-state index contributed by atoms with van der Waals surface area (Å²) in [7, 11) is 4.62. The Morgan fingerprint density at radius 1 is 1.04 bits per heavy atom. The van der Waals surface area contributed by atoms with Crippen LogP contribution in [0.15, 0.2) is 0 Å². The predicted octanol–water partition coefficient (Wildman–Crippen LogP) is 3.30. The summed E-state index contributed by atoms with van der Waals surface area (Å²) in [6, 6.07) is 0.474. The second-order valence-corrected chi connectivity index (χ2v) is 10.7. The van der Waals surface area contributed by atoms with E-state index in [1.54, 1.807) is 0 Å². The summed E-state index contributed by atoms with van der Waals surface area (Å²) in [5.41, 5.74) is -0.154. The van der Waals surface area contributed by atoms with E-state index in [0.29, 0.717) is 12.6 Å². The van der Waals surface area contributed by atoms with Crippen molar-refractivity contribution in [1.29, 1.82) is 0 Å². The summed E-state index contributed by atoms with van der Waals surface area (Å²) in [6.07, 6.45) is 0.548. The first-order valence-electron chi connectivity index (χ1n) is 8.21. The zero-order chi connectivity index (χ0) is 18.4. The first-order valence-corrected chi connectivity index (χ1v) is 10.7. The number of rotatable bonds is 7. The number of nitrogens with zero attached hydrogens (tertiary/aromatic N) is 1. The lowest BCUT2D eigenvalue weighted by Crippen LogP contribution is -2.50. The molecule has 0 N–H and O–H groups in total. The SMILES string of the molecule is CC(C)(C)CC(=O)O[B]OC(=O)CCN(C1CSSC1)C(C)(C)C. The van der Waals surface area contributed by atoms with Crippen molar-refractivity contribution in [2.45, 2.75) is 66.0 Å². The fourth-order valence-electron chi connectivity index (χ4n) is 2.42. The first kappa shape index (κ1) is 21.7. The summed E-state index contributed by atoms with van der Waals surface area (Å²) < 4.78 is 9.74. The minimum Gasteiger partial charge on any atom is -0.500 e. The van der Waals surface area contributed by atoms with E-state index in [1.165, 1.54) is 0 Å². The maximum atomic E-state index is 11.9. The van der Waals surface area contributed by atoms with Gasteiger partial charge in [0.05, 0.1) is 6.42 Å². The second-order valence-electron chi connectivity index (χ2n) is 8.15. The third-order valence-corrected chi connectivity index (χ3v) is 6.02. The average Bonchev–Trinajstić information content (AvgIpc) is 2.88. The Bertz CT molecular complexity index is 429. The van der Waals surface area contributed by atoms with E-state index in [-0.39, 0.29) is 29.8 Å². The van der Waals surface area contributed by atoms with Gasteiger partial charge in [0.1, 0.15) is 0 Å². The molecule has 0 unspecified atom stereocenters. The van der Waals surface area contributed by atoms with Crippen LogP contribution in [0.5, 0.6) is 0 Å². The highest BCUT2D eigenvalue weighted by Crippen LogP contribution is 2.35. The largest absolute Gasteiger partial charge is 0.662 e. The molecule has 0 aromatic carbocycles. The highest BCUT2D eigenvalue weighted by molar-refractivity contribution is 8.77. The van der Waals surface area contributed by atoms with Gasteiger partial charge >= 0.3 is 7.69 Å². The van der Waals surface area contributed by atoms with Crippen molar-refractivity contribution in [3.05, 3.63) is 0 Å². The zero-order valence-electron chi connectivity index (χ0n) is 15.6. The normalized spacial score (nSPS) is 16.3. The van der Waals surface area contributed by atoms with E-state index < -0.39 is 5.97 Å². The molecule has 1 fully saturated rings. The molecule has 0 aromatic rings. The lowest BCUT2D eigenvalue weighted by molar-refractivity contribution is -0.140. The molecule has 0 amide bonds. The Labute approximate surface area is 154 Å². The summed E-state index contributed by atoms with van der Waals surface area (Å²) in [6.45, 7) is 13.0. The topological polar surface area (TPSA) is 55.8 Å². The molecule has 1 heterocycles. The van der Waals surface area contributed by atoms with Crippen LogP contribution in [0.2, 0.25) is 0 Å². The van der Waals surface area contributed by atoms with Crippen molar-refractivity contribution in [3.63, 3.8) is 0 Å². The van der Waals surface area contributed by atoms with Gasteiger partial charge < -0.3 is 9.31 Å². The Morgan fingerprint density at radius 2 is 1.58 bits per heavy atom. The van der Waals surface area contributed by atoms with Crippen molar-refractivity contribution < 1.29 is 18.9 Å². The lowest BCUT2D eigenvalue weighted by atomic mass is 9.92. The van der Waals surface area contributed by atoms with Gasteiger partial charge in [0.15, 0.2) is 0 Å². The average molecular weight is 374 g/mol. The summed E-state index contributed by atoms with van der Waals surface area (Å²) in [4.78, 5) is 25.8. The van der Waals surface area contributed by atoms with Crippen LogP contribution in [-0.2, 0) is 18.9 Å². The molecule has 0 aliphatic carbocycles. The lowest BCUT2D eigenvalue weighted by Gasteiger charge is -2.39. The van der Waals surface area contributed by atoms with Gasteiger partial charge in [0, 0.05) is 36.1 Å². The minimum atomic E-state index is -0.397. The molecular formula is C16H29BNO4S2. The summed E-state index contributed by atoms with van der Waals surface area (Å²) in [5, 5.41) is 0. The molecule has 1 rings (SSSR count). The van der Waals surface area contributed by atoms with Crippen LogP contribution in [0.4, 0.5) is 0 Å². The van der Waals surface area contributed by atoms with E-state index in [0.717, 1.165) is 19.2 Å². The molecule has 0 atom stereocenters. The van der Waals surface area contributed by atoms with E-state index in [9.17, 15) is 9.59 Å². The van der Waals surface area contributed by atoms with Gasteiger partial charge in [-0.2, -0.15) is 0 Å². The molecule has 0 saturated carbocycles. The molecule has 1 aliphatic heterocycles. The quantitative estimate of drug-likeness (QED) is 0.501. The van der Waals surface area contributed by atoms with Crippen molar-refractivity contribution in [2.24, 2.45) is 5.41 Å². The van der Waals surface area contributed by atoms with Gasteiger partial charge in [-0.05, 0) is 26.2 Å². The molecule has 137 valence electrons. The Morgan fingerprint density at radius 3 is 2.08 bits per heavy atom. The Kier molecular flexibility index (Phi) is 8.49. The number of carbonyl (C=O) groups excluding carboxylic acids is 2. The third-order valence-electron chi connectivity index (χ3n) is 3.50. The highest BCUT2D eigenvalue weighted by atomic mass is 33.1. The van der Waals surface area contributed by atoms with E-state index in [1.807, 2.05) is 42.4 Å². The molecule has 24 heavy (non-hydrogen) atoms. The predicted molar refractivity (Wildman–Crippen MR) is 102 cm³/mol. The second kappa shape index (κ2) is 9.39. The molecule has 1 saturated heterocycles. The zero-order valence-corrected chi connectivity index (χ0v) is 17.2. The smallest absolute Gasteiger partial charge is 0.500 e. The molecule has 0 bridgehead atoms. The molecule has 8 heteroatoms. The summed E-state index contributed by atoms with van der Waals surface area (Å²) >= 11 is 0. The minimum absolute atomic E-state index is 0.000699. The third kappa shape index (κ3) is 8.67. The molecule has 1 radical (unpaired) electrons. The monoisotopic (exact) mass is 374 g/mol. The van der Waals surface area contributed by atoms with Crippen LogP contribution in [0.25, 0.3) is 0 Å². The van der Waals surface area contributed by atoms with Crippen LogP contribution < -0.4 is 0 Å². The van der Waals surface area contributed by atoms with Crippen molar-refractivity contribution in [2.75, 3.05) is 18.1 Å². The van der Waals surface area contributed by atoms with Gasteiger partial charge in [-0.15, -0.1) is 0 Å². The van der Waals surface area contributed by atoms with Gasteiger partial charge in [-0.1, -0.05) is 42.4 Å². The van der Waals surface area contributed by atoms with E-state index in [2.05, 4.69) is 25.7 Å². The molecular weight excluding hydrogens is 345 g/mol. The Balaban J connectivity index is 2.32. The fraction of sp³-hybridized carbons (Fsp3) is 0.875. The van der Waals surface area contributed by atoms with Gasteiger partial charge in [-0.25, -0.2) is 0 Å². The van der Waals surface area contributed by atoms with Crippen molar-refractivity contribution in [3.8, 4) is 0 Å². The molecule has 0 spiro atoms. The highest BCUT2D eigenvalue weighted by Gasteiger charge is 2.32. The molecule has 0 aromatic heterocycles. The van der Waals surface area contributed by atoms with Crippen LogP contribution in [0.1, 0.15) is 54.4 Å². The van der Waals surface area contributed by atoms with Crippen molar-refractivity contribution >= 4 is 41.2 Å². The fourth-order valence-corrected chi connectivity index (χ4v) is 5.20. The summed E-state index contributed by atoms with van der Waals surface area (Å²) in [5.74, 6) is 1.37. The molecule has 5 nitrogen and oxygen atoms in total. The van der Waals surface area contributed by atoms with Crippen LogP contribution in [0, 0.1) is 5.41 Å². The van der Waals surface area contributed by atoms with Gasteiger partial charge in [0.25, 0.3) is 11.9 Å². The van der Waals surface area contributed by atoms with Crippen LogP contribution in [-0.4, -0.2) is 54.2 Å². The molecule has 1 aliphatic rings. The van der Waals surface area contributed by atoms with Crippen LogP contribution in [0.3, 0.4) is 0 Å². The maximum absolute atomic E-state index is 11.9. The Hall–Kier alpha value is -0.335. The van der Waals surface area contributed by atoms with Crippen molar-refractivity contribution in [1.82, 2.24) is 4.90 Å². The maximum Gasteiger partial charge on any atom is 0.662 e. The number of hydrogen-bond donors (Lipinski definition) is 0. The number of carbonyl (C=O) groups is 2. The van der Waals surface area contributed by atoms with Gasteiger partial charge in [0.2, 0.25) is 0 Å². The number of hydrogen-bond acceptors (Lipinski definition) is 7. The van der Waals surface area contributed by atoms with E-state index >= 15 is 0 Å². The van der Waals surface area contributed by atoms with Gasteiger partial charge in [-0.3, -0.25) is 14.5 Å². The van der Waals surface area contributed by atoms with E-state index in [4.69, 9.17) is 9.31 Å². The van der Waals surface area contributed by atoms with Crippen LogP contribution >= 0.6 is 21.6 Å².